The zero-order chi connectivity index (χ0) is 23.4. The predicted molar refractivity (Wildman–Crippen MR) is 124 cm³/mol. The normalized spacial score (nSPS) is 11.4. The van der Waals surface area contributed by atoms with Gasteiger partial charge in [-0.3, -0.25) is 19.1 Å². The molecular weight excluding hydrogens is 432 g/mol. The summed E-state index contributed by atoms with van der Waals surface area (Å²) in [6.07, 6.45) is 0.258. The number of hydrogen-bond donors (Lipinski definition) is 2. The van der Waals surface area contributed by atoms with Crippen molar-refractivity contribution in [1.29, 1.82) is 0 Å². The Hall–Kier alpha value is -3.21. The van der Waals surface area contributed by atoms with Gasteiger partial charge in [0.2, 0.25) is 17.7 Å². The van der Waals surface area contributed by atoms with Gasteiger partial charge in [-0.2, -0.15) is 11.3 Å². The lowest BCUT2D eigenvalue weighted by molar-refractivity contribution is -0.118. The summed E-state index contributed by atoms with van der Waals surface area (Å²) in [6.45, 7) is 8.33. The van der Waals surface area contributed by atoms with Crippen LogP contribution in [0.3, 0.4) is 0 Å². The smallest absolute Gasteiger partial charge is 0.330 e. The molecule has 0 aliphatic heterocycles. The molecule has 0 saturated carbocycles. The van der Waals surface area contributed by atoms with E-state index >= 15 is 0 Å². The zero-order valence-corrected chi connectivity index (χ0v) is 19.4. The highest BCUT2D eigenvalue weighted by Crippen LogP contribution is 2.23. The minimum absolute atomic E-state index is 0.00607. The Morgan fingerprint density at radius 2 is 2.00 bits per heavy atom. The van der Waals surface area contributed by atoms with E-state index in [-0.39, 0.29) is 48.6 Å². The highest BCUT2D eigenvalue weighted by atomic mass is 32.1. The number of amides is 1. The number of carbonyl (C=O) groups is 1. The molecule has 3 aromatic heterocycles. The lowest BCUT2D eigenvalue weighted by Gasteiger charge is -2.26. The highest BCUT2D eigenvalue weighted by Gasteiger charge is 2.25. The van der Waals surface area contributed by atoms with Crippen LogP contribution in [0.15, 0.2) is 30.8 Å². The molecule has 3 rings (SSSR count). The minimum atomic E-state index is -0.681. The van der Waals surface area contributed by atoms with Gasteiger partial charge in [-0.05, 0) is 23.3 Å². The predicted octanol–water partition coefficient (Wildman–Crippen LogP) is 2.51. The average Bonchev–Trinajstić information content (AvgIpc) is 3.39. The van der Waals surface area contributed by atoms with Crippen LogP contribution in [0.5, 0.6) is 0 Å². The first-order chi connectivity index (χ1) is 15.2. The Morgan fingerprint density at radius 3 is 2.62 bits per heavy atom. The van der Waals surface area contributed by atoms with Gasteiger partial charge in [-0.25, -0.2) is 4.79 Å². The molecule has 1 amide bonds. The number of nitrogens with one attached hydrogen (secondary N) is 1. The van der Waals surface area contributed by atoms with Crippen LogP contribution in [0.4, 0.5) is 11.5 Å². The Kier molecular flexibility index (Phi) is 7.29. The zero-order valence-electron chi connectivity index (χ0n) is 18.6. The standard InChI is InChI=1S/C21H28N6O4S/c1-12(2)9-26(17-18(22)27(10-13(3)4)21(30)23-19(17)29)16(28)6-5-15-24-25-20(31-15)14-7-8-32-11-14/h7-8,11-13H,5-6,9-10,22H2,1-4H3,(H,23,29,30). The molecule has 0 aliphatic carbocycles. The van der Waals surface area contributed by atoms with E-state index in [1.807, 2.05) is 44.5 Å². The number of carbonyl (C=O) groups excluding carboxylic acids is 1. The Labute approximate surface area is 189 Å². The Morgan fingerprint density at radius 1 is 1.25 bits per heavy atom. The molecule has 0 fully saturated rings. The largest absolute Gasteiger partial charge is 0.421 e. The van der Waals surface area contributed by atoms with Crippen LogP contribution in [0.1, 0.15) is 40.0 Å². The molecular formula is C21H28N6O4S. The van der Waals surface area contributed by atoms with Crippen LogP contribution in [0, 0.1) is 11.8 Å². The molecule has 0 radical (unpaired) electrons. The molecule has 0 atom stereocenters. The topological polar surface area (TPSA) is 140 Å². The molecule has 0 bridgehead atoms. The van der Waals surface area contributed by atoms with E-state index in [2.05, 4.69) is 15.2 Å². The van der Waals surface area contributed by atoms with Gasteiger partial charge in [0.05, 0.1) is 0 Å². The number of aryl methyl sites for hydroxylation is 1. The summed E-state index contributed by atoms with van der Waals surface area (Å²) in [5.41, 5.74) is 5.77. The third-order valence-electron chi connectivity index (χ3n) is 4.67. The fraction of sp³-hybridized carbons (Fsp3) is 0.476. The second kappa shape index (κ2) is 9.94. The van der Waals surface area contributed by atoms with Gasteiger partial charge in [0.1, 0.15) is 5.82 Å². The van der Waals surface area contributed by atoms with Crippen LogP contribution in [0.2, 0.25) is 0 Å². The quantitative estimate of drug-likeness (QED) is 0.500. The van der Waals surface area contributed by atoms with Gasteiger partial charge in [0.25, 0.3) is 5.56 Å². The number of H-pyrrole nitrogens is 1. The number of aromatic amines is 1. The minimum Gasteiger partial charge on any atom is -0.421 e. The van der Waals surface area contributed by atoms with E-state index in [1.165, 1.54) is 20.8 Å². The van der Waals surface area contributed by atoms with E-state index in [9.17, 15) is 14.4 Å². The van der Waals surface area contributed by atoms with E-state index < -0.39 is 11.2 Å². The summed E-state index contributed by atoms with van der Waals surface area (Å²) in [6, 6.07) is 1.87. The van der Waals surface area contributed by atoms with E-state index in [0.29, 0.717) is 18.3 Å². The number of nitrogens with two attached hydrogens (primary N) is 1. The first kappa shape index (κ1) is 23.5. The number of nitrogens with zero attached hydrogens (tertiary/aromatic N) is 4. The van der Waals surface area contributed by atoms with E-state index in [4.69, 9.17) is 10.2 Å². The van der Waals surface area contributed by atoms with Gasteiger partial charge < -0.3 is 15.1 Å². The molecule has 0 aromatic carbocycles. The monoisotopic (exact) mass is 460 g/mol. The number of aromatic nitrogens is 4. The summed E-state index contributed by atoms with van der Waals surface area (Å²) < 4.78 is 6.95. The van der Waals surface area contributed by atoms with Crippen LogP contribution in [-0.4, -0.2) is 32.2 Å². The number of hydrogen-bond acceptors (Lipinski definition) is 8. The van der Waals surface area contributed by atoms with Crippen LogP contribution in [-0.2, 0) is 17.8 Å². The summed E-state index contributed by atoms with van der Waals surface area (Å²) in [5, 5.41) is 11.8. The molecule has 3 aromatic rings. The van der Waals surface area contributed by atoms with Crippen molar-refractivity contribution in [3.63, 3.8) is 0 Å². The second-order valence-electron chi connectivity index (χ2n) is 8.41. The fourth-order valence-electron chi connectivity index (χ4n) is 3.27. The Balaban J connectivity index is 1.86. The van der Waals surface area contributed by atoms with Crippen LogP contribution in [0.25, 0.3) is 11.5 Å². The van der Waals surface area contributed by atoms with Crippen molar-refractivity contribution in [3.8, 4) is 11.5 Å². The number of rotatable bonds is 9. The van der Waals surface area contributed by atoms with Crippen molar-refractivity contribution in [2.24, 2.45) is 11.8 Å². The molecule has 0 saturated heterocycles. The van der Waals surface area contributed by atoms with Crippen molar-refractivity contribution in [1.82, 2.24) is 19.7 Å². The van der Waals surface area contributed by atoms with Crippen LogP contribution < -0.4 is 21.9 Å². The van der Waals surface area contributed by atoms with Crippen molar-refractivity contribution in [3.05, 3.63) is 43.6 Å². The van der Waals surface area contributed by atoms with Gasteiger partial charge in [-0.1, -0.05) is 27.7 Å². The van der Waals surface area contributed by atoms with Crippen molar-refractivity contribution in [2.45, 2.75) is 47.1 Å². The molecule has 10 nitrogen and oxygen atoms in total. The number of anilines is 2. The summed E-state index contributed by atoms with van der Waals surface area (Å²) >= 11 is 1.52. The van der Waals surface area contributed by atoms with Gasteiger partial charge >= 0.3 is 5.69 Å². The Bertz CT molecular complexity index is 1180. The first-order valence-electron chi connectivity index (χ1n) is 10.4. The van der Waals surface area contributed by atoms with Gasteiger partial charge in [0.15, 0.2) is 5.69 Å². The molecule has 0 spiro atoms. The van der Waals surface area contributed by atoms with Crippen molar-refractivity contribution >= 4 is 28.7 Å². The lowest BCUT2D eigenvalue weighted by Crippen LogP contribution is -2.43. The maximum atomic E-state index is 13.2. The van der Waals surface area contributed by atoms with E-state index in [1.54, 1.807) is 0 Å². The van der Waals surface area contributed by atoms with E-state index in [0.717, 1.165) is 5.56 Å². The third kappa shape index (κ3) is 5.34. The average molecular weight is 461 g/mol. The number of nitrogen functional groups attached to an aromatic ring is 1. The molecule has 11 heteroatoms. The molecule has 3 N–H and O–H groups in total. The maximum Gasteiger partial charge on any atom is 0.330 e. The molecule has 172 valence electrons. The molecule has 3 heterocycles. The first-order valence-corrected chi connectivity index (χ1v) is 11.4. The van der Waals surface area contributed by atoms with Crippen LogP contribution >= 0.6 is 11.3 Å². The summed E-state index contributed by atoms with van der Waals surface area (Å²) in [4.78, 5) is 41.7. The molecule has 32 heavy (non-hydrogen) atoms. The maximum absolute atomic E-state index is 13.2. The SMILES string of the molecule is CC(C)CN(C(=O)CCc1nnc(-c2ccsc2)o1)c1c(N)n(CC(C)C)c(=O)[nH]c1=O. The molecule has 0 unspecified atom stereocenters. The summed E-state index contributed by atoms with van der Waals surface area (Å²) in [7, 11) is 0. The van der Waals surface area contributed by atoms with Gasteiger partial charge in [-0.15, -0.1) is 10.2 Å². The van der Waals surface area contributed by atoms with Gasteiger partial charge in [0, 0.05) is 36.9 Å². The fourth-order valence-corrected chi connectivity index (χ4v) is 3.90. The number of thiophene rings is 1. The van der Waals surface area contributed by atoms with Crippen molar-refractivity contribution in [2.75, 3.05) is 17.2 Å². The highest BCUT2D eigenvalue weighted by molar-refractivity contribution is 7.08. The lowest BCUT2D eigenvalue weighted by atomic mass is 10.1. The molecule has 0 aliphatic rings. The second-order valence-corrected chi connectivity index (χ2v) is 9.19. The van der Waals surface area contributed by atoms with Crippen molar-refractivity contribution < 1.29 is 9.21 Å². The third-order valence-corrected chi connectivity index (χ3v) is 5.35. The summed E-state index contributed by atoms with van der Waals surface area (Å²) in [5.74, 6) is 0.583.